The number of ether oxygens (including phenoxy) is 1. The normalized spacial score (nSPS) is 11.6. The van der Waals surface area contributed by atoms with Gasteiger partial charge in [-0.2, -0.15) is 0 Å². The quantitative estimate of drug-likeness (QED) is 0.519. The standard InChI is InChI=1S/C20H16F3OS/c1-15-12-16(24-20(21,22)23)14-19(13-15)25(17-8-4-2-5-9-17)18-10-6-3-7-11-18/h2-14H,1H3/q+1. The fourth-order valence-electron chi connectivity index (χ4n) is 2.55. The fourth-order valence-corrected chi connectivity index (χ4v) is 4.76. The summed E-state index contributed by atoms with van der Waals surface area (Å²) in [5.74, 6) is -0.188. The van der Waals surface area contributed by atoms with Crippen molar-refractivity contribution in [3.05, 3.63) is 84.4 Å². The number of rotatable bonds is 4. The van der Waals surface area contributed by atoms with Crippen molar-refractivity contribution < 1.29 is 17.9 Å². The molecule has 0 bridgehead atoms. The summed E-state index contributed by atoms with van der Waals surface area (Å²) in [6.07, 6.45) is -4.71. The summed E-state index contributed by atoms with van der Waals surface area (Å²) >= 11 is 0. The highest BCUT2D eigenvalue weighted by atomic mass is 32.2. The van der Waals surface area contributed by atoms with Crippen molar-refractivity contribution in [1.82, 2.24) is 0 Å². The lowest BCUT2D eigenvalue weighted by Crippen LogP contribution is -2.17. The number of aryl methyl sites for hydroxylation is 1. The molecule has 0 heterocycles. The van der Waals surface area contributed by atoms with E-state index in [0.717, 1.165) is 20.2 Å². The molecule has 3 rings (SSSR count). The van der Waals surface area contributed by atoms with Gasteiger partial charge in [0.2, 0.25) is 0 Å². The minimum atomic E-state index is -4.71. The lowest BCUT2D eigenvalue weighted by Gasteiger charge is -2.12. The molecule has 0 aliphatic heterocycles. The maximum absolute atomic E-state index is 12.6. The van der Waals surface area contributed by atoms with Gasteiger partial charge in [0.25, 0.3) is 0 Å². The van der Waals surface area contributed by atoms with Gasteiger partial charge in [-0.25, -0.2) is 0 Å². The zero-order chi connectivity index (χ0) is 17.9. The Morgan fingerprint density at radius 1 is 0.720 bits per heavy atom. The van der Waals surface area contributed by atoms with Gasteiger partial charge in [-0.1, -0.05) is 36.4 Å². The second kappa shape index (κ2) is 7.23. The van der Waals surface area contributed by atoms with E-state index >= 15 is 0 Å². The van der Waals surface area contributed by atoms with Crippen LogP contribution in [-0.2, 0) is 10.9 Å². The number of halogens is 3. The van der Waals surface area contributed by atoms with Crippen molar-refractivity contribution in [3.8, 4) is 5.75 Å². The van der Waals surface area contributed by atoms with Gasteiger partial charge in [0.15, 0.2) is 14.7 Å². The number of hydrogen-bond acceptors (Lipinski definition) is 1. The third-order valence-corrected chi connectivity index (χ3v) is 5.65. The van der Waals surface area contributed by atoms with Crippen LogP contribution in [0, 0.1) is 6.92 Å². The Kier molecular flexibility index (Phi) is 5.04. The third-order valence-electron chi connectivity index (χ3n) is 3.45. The molecular weight excluding hydrogens is 345 g/mol. The van der Waals surface area contributed by atoms with Gasteiger partial charge in [-0.3, -0.25) is 0 Å². The molecule has 0 radical (unpaired) electrons. The van der Waals surface area contributed by atoms with E-state index in [9.17, 15) is 13.2 Å². The first-order valence-corrected chi connectivity index (χ1v) is 8.87. The summed E-state index contributed by atoms with van der Waals surface area (Å²) in [6.45, 7) is 1.77. The van der Waals surface area contributed by atoms with Gasteiger partial charge in [-0.05, 0) is 48.9 Å². The number of hydrogen-bond donors (Lipinski definition) is 0. The van der Waals surface area contributed by atoms with Crippen LogP contribution in [-0.4, -0.2) is 6.36 Å². The molecule has 1 nitrogen and oxygen atoms in total. The van der Waals surface area contributed by atoms with Crippen LogP contribution < -0.4 is 4.74 Å². The highest BCUT2D eigenvalue weighted by Gasteiger charge is 2.33. The molecule has 0 saturated heterocycles. The molecule has 0 N–H and O–H groups in total. The molecule has 0 unspecified atom stereocenters. The molecule has 0 spiro atoms. The Morgan fingerprint density at radius 2 is 1.24 bits per heavy atom. The largest absolute Gasteiger partial charge is 0.573 e. The van der Waals surface area contributed by atoms with Crippen LogP contribution in [0.15, 0.2) is 93.5 Å². The summed E-state index contributed by atoms with van der Waals surface area (Å²) in [5.41, 5.74) is 0.723. The van der Waals surface area contributed by atoms with Crippen molar-refractivity contribution in [1.29, 1.82) is 0 Å². The van der Waals surface area contributed by atoms with Crippen LogP contribution in [0.2, 0.25) is 0 Å². The van der Waals surface area contributed by atoms with Gasteiger partial charge in [0.05, 0.1) is 10.9 Å². The summed E-state index contributed by atoms with van der Waals surface area (Å²) in [5, 5.41) is 0. The average Bonchev–Trinajstić information content (AvgIpc) is 2.55. The summed E-state index contributed by atoms with van der Waals surface area (Å²) in [4.78, 5) is 2.87. The molecule has 0 saturated carbocycles. The van der Waals surface area contributed by atoms with Crippen molar-refractivity contribution in [3.63, 3.8) is 0 Å². The molecule has 3 aromatic rings. The minimum Gasteiger partial charge on any atom is -0.406 e. The van der Waals surface area contributed by atoms with Crippen LogP contribution in [0.3, 0.4) is 0 Å². The topological polar surface area (TPSA) is 9.23 Å². The lowest BCUT2D eigenvalue weighted by atomic mass is 10.2. The van der Waals surface area contributed by atoms with Gasteiger partial charge in [-0.15, -0.1) is 13.2 Å². The predicted octanol–water partition coefficient (Wildman–Crippen LogP) is 5.99. The van der Waals surface area contributed by atoms with Crippen molar-refractivity contribution in [2.24, 2.45) is 0 Å². The van der Waals surface area contributed by atoms with Crippen LogP contribution in [0.25, 0.3) is 0 Å². The first-order chi connectivity index (χ1) is 11.9. The van der Waals surface area contributed by atoms with Crippen LogP contribution >= 0.6 is 0 Å². The second-order valence-corrected chi connectivity index (χ2v) is 7.49. The number of benzene rings is 3. The Bertz CT molecular complexity index is 793. The molecule has 5 heteroatoms. The molecule has 0 fully saturated rings. The zero-order valence-corrected chi connectivity index (χ0v) is 14.3. The molecule has 25 heavy (non-hydrogen) atoms. The van der Waals surface area contributed by atoms with E-state index in [2.05, 4.69) is 4.74 Å². The lowest BCUT2D eigenvalue weighted by molar-refractivity contribution is -0.274. The average molecular weight is 361 g/mol. The molecule has 0 aliphatic rings. The Hall–Kier alpha value is -2.40. The third kappa shape index (κ3) is 4.57. The molecule has 0 amide bonds. The van der Waals surface area contributed by atoms with Crippen molar-refractivity contribution in [2.45, 2.75) is 28.0 Å². The van der Waals surface area contributed by atoms with E-state index in [4.69, 9.17) is 0 Å². The highest BCUT2D eigenvalue weighted by Crippen LogP contribution is 2.34. The molecule has 0 aromatic heterocycles. The van der Waals surface area contributed by atoms with E-state index in [1.54, 1.807) is 6.92 Å². The van der Waals surface area contributed by atoms with E-state index in [0.29, 0.717) is 0 Å². The van der Waals surface area contributed by atoms with Crippen LogP contribution in [0.4, 0.5) is 13.2 Å². The molecule has 3 aromatic carbocycles. The Morgan fingerprint density at radius 3 is 1.72 bits per heavy atom. The maximum atomic E-state index is 12.6. The smallest absolute Gasteiger partial charge is 0.406 e. The first-order valence-electron chi connectivity index (χ1n) is 7.64. The monoisotopic (exact) mass is 361 g/mol. The van der Waals surface area contributed by atoms with E-state index in [1.807, 2.05) is 66.7 Å². The molecule has 0 aliphatic carbocycles. The fraction of sp³-hybridized carbons (Fsp3) is 0.100. The van der Waals surface area contributed by atoms with Crippen molar-refractivity contribution in [2.75, 3.05) is 0 Å². The molecule has 128 valence electrons. The summed E-state index contributed by atoms with van der Waals surface area (Å²) < 4.78 is 42.0. The minimum absolute atomic E-state index is 0.188. The molecule has 0 atom stereocenters. The molecular formula is C20H16F3OS+. The van der Waals surface area contributed by atoms with Gasteiger partial charge < -0.3 is 4.74 Å². The van der Waals surface area contributed by atoms with E-state index < -0.39 is 17.3 Å². The van der Waals surface area contributed by atoms with Gasteiger partial charge >= 0.3 is 6.36 Å². The SMILES string of the molecule is Cc1cc(OC(F)(F)F)cc([S+](c2ccccc2)c2ccccc2)c1. The van der Waals surface area contributed by atoms with E-state index in [1.165, 1.54) is 12.1 Å². The summed E-state index contributed by atoms with van der Waals surface area (Å²) in [7, 11) is -0.511. The zero-order valence-electron chi connectivity index (χ0n) is 13.5. The first kappa shape index (κ1) is 17.4. The van der Waals surface area contributed by atoms with Gasteiger partial charge in [0.1, 0.15) is 5.75 Å². The Balaban J connectivity index is 2.11. The predicted molar refractivity (Wildman–Crippen MR) is 92.9 cm³/mol. The van der Waals surface area contributed by atoms with Crippen LogP contribution in [0.1, 0.15) is 5.56 Å². The van der Waals surface area contributed by atoms with Crippen molar-refractivity contribution >= 4 is 10.9 Å². The maximum Gasteiger partial charge on any atom is 0.573 e. The second-order valence-electron chi connectivity index (χ2n) is 5.46. The van der Waals surface area contributed by atoms with E-state index in [-0.39, 0.29) is 5.75 Å². The summed E-state index contributed by atoms with van der Waals surface area (Å²) in [6, 6.07) is 24.3. The van der Waals surface area contributed by atoms with Gasteiger partial charge in [0, 0.05) is 6.07 Å². The van der Waals surface area contributed by atoms with Crippen LogP contribution in [0.5, 0.6) is 5.75 Å². The Labute approximate surface area is 147 Å². The number of alkyl halides is 3. The highest BCUT2D eigenvalue weighted by molar-refractivity contribution is 7.97.